The fourth-order valence-corrected chi connectivity index (χ4v) is 5.63. The Labute approximate surface area is 242 Å². The van der Waals surface area contributed by atoms with Gasteiger partial charge in [0, 0.05) is 18.7 Å². The van der Waals surface area contributed by atoms with E-state index in [2.05, 4.69) is 4.90 Å². The minimum atomic E-state index is -1.37. The van der Waals surface area contributed by atoms with E-state index in [4.69, 9.17) is 13.9 Å². The van der Waals surface area contributed by atoms with E-state index in [0.717, 1.165) is 32.1 Å². The third-order valence-corrected chi connectivity index (χ3v) is 7.81. The molecular weight excluding hydrogens is 544 g/mol. The van der Waals surface area contributed by atoms with Crippen LogP contribution >= 0.6 is 0 Å². The molecule has 0 bridgehead atoms. The van der Waals surface area contributed by atoms with Gasteiger partial charge in [-0.1, -0.05) is 24.3 Å². The van der Waals surface area contributed by atoms with Gasteiger partial charge >= 0.3 is 5.97 Å². The molecule has 1 aliphatic heterocycles. The van der Waals surface area contributed by atoms with Gasteiger partial charge in [0.25, 0.3) is 0 Å². The first-order valence-electron chi connectivity index (χ1n) is 14.1. The van der Waals surface area contributed by atoms with E-state index in [1.807, 2.05) is 0 Å². The highest BCUT2D eigenvalue weighted by Gasteiger charge is 2.41. The monoisotopic (exact) mass is 577 g/mol. The van der Waals surface area contributed by atoms with Gasteiger partial charge in [0.1, 0.15) is 28.6 Å². The summed E-state index contributed by atoms with van der Waals surface area (Å²) in [5, 5.41) is 12.4. The molecule has 220 valence electrons. The number of halogens is 2. The van der Waals surface area contributed by atoms with Crippen LogP contribution < -0.4 is 10.2 Å². The second-order valence-corrected chi connectivity index (χ2v) is 10.5. The Morgan fingerprint density at radius 2 is 1.60 bits per heavy atom. The van der Waals surface area contributed by atoms with Crippen LogP contribution in [0.4, 0.5) is 8.78 Å². The summed E-state index contributed by atoms with van der Waals surface area (Å²) < 4.78 is 43.7. The van der Waals surface area contributed by atoms with Gasteiger partial charge in [-0.2, -0.15) is 0 Å². The lowest BCUT2D eigenvalue weighted by molar-refractivity contribution is -0.0147. The van der Waals surface area contributed by atoms with Crippen LogP contribution in [0.25, 0.3) is 11.0 Å². The van der Waals surface area contributed by atoms with Crippen LogP contribution in [0.3, 0.4) is 0 Å². The van der Waals surface area contributed by atoms with E-state index in [0.29, 0.717) is 41.7 Å². The molecule has 0 atom stereocenters. The maximum absolute atomic E-state index is 13.7. The van der Waals surface area contributed by atoms with E-state index in [1.54, 1.807) is 49.4 Å². The van der Waals surface area contributed by atoms with Crippen molar-refractivity contribution in [3.8, 4) is 5.75 Å². The number of aliphatic hydroxyl groups is 1. The van der Waals surface area contributed by atoms with Crippen molar-refractivity contribution in [1.82, 2.24) is 4.90 Å². The molecule has 9 heteroatoms. The highest BCUT2D eigenvalue weighted by Crippen LogP contribution is 2.42. The second-order valence-electron chi connectivity index (χ2n) is 10.5. The summed E-state index contributed by atoms with van der Waals surface area (Å²) in [5.41, 5.74) is -0.277. The molecule has 42 heavy (non-hydrogen) atoms. The lowest BCUT2D eigenvalue weighted by atomic mass is 9.72. The number of likely N-dealkylation sites (tertiary alicyclic amines) is 1. The highest BCUT2D eigenvalue weighted by atomic mass is 19.1. The summed E-state index contributed by atoms with van der Waals surface area (Å²) in [4.78, 5) is 26.7. The number of hydrogen-bond donors (Lipinski definition) is 1. The third kappa shape index (κ3) is 6.37. The molecule has 4 aromatic rings. The maximum Gasteiger partial charge on any atom is 0.374 e. The molecule has 0 saturated carbocycles. The maximum atomic E-state index is 13.7. The predicted molar refractivity (Wildman–Crippen MR) is 154 cm³/mol. The summed E-state index contributed by atoms with van der Waals surface area (Å²) in [6.45, 7) is 4.58. The zero-order chi connectivity index (χ0) is 29.7. The lowest BCUT2D eigenvalue weighted by Gasteiger charge is -2.42. The normalized spacial score (nSPS) is 14.7. The van der Waals surface area contributed by atoms with E-state index < -0.39 is 11.6 Å². The van der Waals surface area contributed by atoms with Gasteiger partial charge in [-0.25, -0.2) is 13.6 Å². The number of benzene rings is 3. The number of carbonyl (C=O) groups is 1. The molecule has 3 aromatic carbocycles. The molecule has 5 rings (SSSR count). The average Bonchev–Trinajstić information content (AvgIpc) is 3.00. The van der Waals surface area contributed by atoms with Crippen molar-refractivity contribution in [1.29, 1.82) is 0 Å². The third-order valence-electron chi connectivity index (χ3n) is 7.81. The Balaban J connectivity index is 1.18. The predicted octanol–water partition coefficient (Wildman–Crippen LogP) is 5.66. The lowest BCUT2D eigenvalue weighted by Crippen LogP contribution is -2.44. The first kappa shape index (κ1) is 29.4. The van der Waals surface area contributed by atoms with Crippen LogP contribution in [-0.2, 0) is 10.3 Å². The van der Waals surface area contributed by atoms with Crippen molar-refractivity contribution in [2.24, 2.45) is 5.92 Å². The standard InChI is InChI=1S/C33H33F2NO6/c1-2-40-32(38)31-21-29(37)28-13-12-27(20-30(28)42-31)41-19-3-16-36-17-14-24(15-18-36)33(39,22-4-8-25(34)9-5-22)23-6-10-26(35)11-7-23/h4-13,20-21,24,39H,2-3,14-19H2,1H3. The Hall–Kier alpha value is -4.08. The van der Waals surface area contributed by atoms with Crippen LogP contribution in [0.2, 0.25) is 0 Å². The molecule has 0 spiro atoms. The summed E-state index contributed by atoms with van der Waals surface area (Å²) in [7, 11) is 0. The minimum Gasteiger partial charge on any atom is -0.493 e. The largest absolute Gasteiger partial charge is 0.493 e. The molecule has 0 aliphatic carbocycles. The van der Waals surface area contributed by atoms with Crippen LogP contribution in [0, 0.1) is 17.6 Å². The van der Waals surface area contributed by atoms with Crippen LogP contribution in [0.15, 0.2) is 82.0 Å². The molecule has 7 nitrogen and oxygen atoms in total. The smallest absolute Gasteiger partial charge is 0.374 e. The molecule has 1 aliphatic rings. The zero-order valence-corrected chi connectivity index (χ0v) is 23.4. The summed E-state index contributed by atoms with van der Waals surface area (Å²) in [5.74, 6) is -1.22. The topological polar surface area (TPSA) is 89.2 Å². The number of esters is 1. The Morgan fingerprint density at radius 3 is 2.19 bits per heavy atom. The van der Waals surface area contributed by atoms with Gasteiger partial charge in [-0.05, 0) is 92.7 Å². The zero-order valence-electron chi connectivity index (χ0n) is 23.4. The van der Waals surface area contributed by atoms with Gasteiger partial charge in [-0.15, -0.1) is 0 Å². The molecule has 1 fully saturated rings. The van der Waals surface area contributed by atoms with Crippen molar-refractivity contribution in [3.05, 3.63) is 112 Å². The number of fused-ring (bicyclic) bond motifs is 1. The summed E-state index contributed by atoms with van der Waals surface area (Å²) in [6, 6.07) is 17.7. The number of rotatable bonds is 10. The van der Waals surface area contributed by atoms with Crippen molar-refractivity contribution < 1.29 is 32.6 Å². The van der Waals surface area contributed by atoms with Crippen molar-refractivity contribution >= 4 is 16.9 Å². The van der Waals surface area contributed by atoms with E-state index in [9.17, 15) is 23.5 Å². The first-order chi connectivity index (χ1) is 20.3. The molecule has 0 amide bonds. The number of piperidine rings is 1. The van der Waals surface area contributed by atoms with Crippen LogP contribution in [0.5, 0.6) is 5.75 Å². The second kappa shape index (κ2) is 12.8. The number of nitrogens with zero attached hydrogens (tertiary/aromatic N) is 1. The number of ether oxygens (including phenoxy) is 2. The van der Waals surface area contributed by atoms with Gasteiger partial charge in [-0.3, -0.25) is 4.79 Å². The van der Waals surface area contributed by atoms with Crippen molar-refractivity contribution in [3.63, 3.8) is 0 Å². The van der Waals surface area contributed by atoms with E-state index in [1.165, 1.54) is 24.3 Å². The molecular formula is C33H33F2NO6. The Bertz CT molecular complexity index is 1530. The van der Waals surface area contributed by atoms with Crippen LogP contribution in [0.1, 0.15) is 47.9 Å². The number of carbonyl (C=O) groups excluding carboxylic acids is 1. The van der Waals surface area contributed by atoms with E-state index >= 15 is 0 Å². The van der Waals surface area contributed by atoms with E-state index in [-0.39, 0.29) is 40.9 Å². The molecule has 1 aromatic heterocycles. The Kier molecular flexibility index (Phi) is 8.99. The molecule has 0 radical (unpaired) electrons. The van der Waals surface area contributed by atoms with Gasteiger partial charge in [0.05, 0.1) is 18.6 Å². The molecule has 1 saturated heterocycles. The summed E-state index contributed by atoms with van der Waals surface area (Å²) >= 11 is 0. The van der Waals surface area contributed by atoms with Gasteiger partial charge < -0.3 is 23.9 Å². The quantitative estimate of drug-likeness (QED) is 0.192. The SMILES string of the molecule is CCOC(=O)c1cc(=O)c2ccc(OCCCN3CCC(C(O)(c4ccc(F)cc4)c4ccc(F)cc4)CC3)cc2o1. The minimum absolute atomic E-state index is 0.132. The average molecular weight is 578 g/mol. The molecule has 0 unspecified atom stereocenters. The fraction of sp³-hybridized carbons (Fsp3) is 0.333. The number of hydrogen-bond acceptors (Lipinski definition) is 7. The fourth-order valence-electron chi connectivity index (χ4n) is 5.63. The van der Waals surface area contributed by atoms with Crippen molar-refractivity contribution in [2.75, 3.05) is 32.8 Å². The van der Waals surface area contributed by atoms with Crippen LogP contribution in [-0.4, -0.2) is 48.8 Å². The molecule has 1 N–H and O–H groups in total. The molecule has 2 heterocycles. The van der Waals surface area contributed by atoms with Gasteiger partial charge in [0.15, 0.2) is 5.43 Å². The summed E-state index contributed by atoms with van der Waals surface area (Å²) in [6.07, 6.45) is 2.16. The van der Waals surface area contributed by atoms with Gasteiger partial charge in [0.2, 0.25) is 5.76 Å². The first-order valence-corrected chi connectivity index (χ1v) is 14.1. The highest BCUT2D eigenvalue weighted by molar-refractivity contribution is 5.89. The Morgan fingerprint density at radius 1 is 0.976 bits per heavy atom. The van der Waals surface area contributed by atoms with Crippen molar-refractivity contribution in [2.45, 2.75) is 31.8 Å².